The molecule has 4 aromatic rings. The topological polar surface area (TPSA) is 192 Å². The van der Waals surface area contributed by atoms with Crippen LogP contribution in [-0.2, 0) is 29.6 Å². The van der Waals surface area contributed by atoms with E-state index in [1.807, 2.05) is 0 Å². The Labute approximate surface area is 294 Å². The number of hydrogen-bond acceptors (Lipinski definition) is 11. The zero-order valence-corrected chi connectivity index (χ0v) is 29.5. The number of fused-ring (bicyclic) bond motifs is 1. The summed E-state index contributed by atoms with van der Waals surface area (Å²) >= 11 is 5.75. The summed E-state index contributed by atoms with van der Waals surface area (Å²) in [6.07, 6.45) is 1.66. The van der Waals surface area contributed by atoms with Crippen LogP contribution in [0.25, 0.3) is 10.8 Å². The van der Waals surface area contributed by atoms with Crippen LogP contribution in [0.3, 0.4) is 0 Å². The van der Waals surface area contributed by atoms with Crippen LogP contribution in [0.1, 0.15) is 12.8 Å². The van der Waals surface area contributed by atoms with E-state index < -0.39 is 45.0 Å². The summed E-state index contributed by atoms with van der Waals surface area (Å²) in [4.78, 5) is 28.0. The van der Waals surface area contributed by atoms with E-state index in [0.717, 1.165) is 21.5 Å². The minimum atomic E-state index is -4.40. The Kier molecular flexibility index (Phi) is 12.6. The molecule has 0 radical (unpaired) electrons. The number of nitrogens with two attached hydrogens (primary N) is 2. The van der Waals surface area contributed by atoms with Gasteiger partial charge in [0.1, 0.15) is 24.6 Å². The summed E-state index contributed by atoms with van der Waals surface area (Å²) in [6.45, 7) is -0.844. The molecule has 4 N–H and O–H groups in total. The Morgan fingerprint density at radius 2 is 1.22 bits per heavy atom. The highest BCUT2D eigenvalue weighted by atomic mass is 32.2. The first kappa shape index (κ1) is 37.2. The molecule has 0 spiro atoms. The lowest BCUT2D eigenvalue weighted by Gasteiger charge is -2.28. The molecule has 0 bridgehead atoms. The SMILES string of the molecule is COc1ccc(S(=O)(=O)N(CC(N)=O)c2ccc(N(CC(N)=O)S(=O)(=O)c3ccc(OSCCCCN=C=S)cc3)c3ccccc23)cc1. The van der Waals surface area contributed by atoms with E-state index in [4.69, 9.17) is 20.4 Å². The molecule has 2 amide bonds. The number of rotatable bonds is 18. The fraction of sp³-hybridized carbons (Fsp3) is 0.219. The number of sulfonamides is 2. The van der Waals surface area contributed by atoms with Crippen LogP contribution >= 0.6 is 24.3 Å². The van der Waals surface area contributed by atoms with Crippen LogP contribution in [0.2, 0.25) is 0 Å². The second-order valence-corrected chi connectivity index (χ2v) is 15.1. The van der Waals surface area contributed by atoms with Gasteiger partial charge in [-0.05, 0) is 85.7 Å². The first-order chi connectivity index (χ1) is 23.4. The minimum absolute atomic E-state index is 0.0490. The normalized spacial score (nSPS) is 11.4. The third-order valence-corrected chi connectivity index (χ3v) is 11.5. The second kappa shape index (κ2) is 16.6. The average molecular weight is 744 g/mol. The van der Waals surface area contributed by atoms with Gasteiger partial charge in [0.15, 0.2) is 0 Å². The molecular formula is C32H33N5O8S4. The number of methoxy groups -OCH3 is 1. The zero-order valence-electron chi connectivity index (χ0n) is 26.2. The summed E-state index contributed by atoms with van der Waals surface area (Å²) in [5.41, 5.74) is 11.1. The lowest BCUT2D eigenvalue weighted by atomic mass is 10.1. The Bertz CT molecular complexity index is 2070. The highest BCUT2D eigenvalue weighted by Gasteiger charge is 2.32. The summed E-state index contributed by atoms with van der Waals surface area (Å²) in [7, 11) is -7.32. The van der Waals surface area contributed by atoms with Crippen LogP contribution < -0.4 is 29.0 Å². The molecule has 0 saturated carbocycles. The molecule has 0 heterocycles. The van der Waals surface area contributed by atoms with Gasteiger partial charge in [-0.3, -0.25) is 18.2 Å². The van der Waals surface area contributed by atoms with Crippen LogP contribution in [-0.4, -0.2) is 66.3 Å². The summed E-state index contributed by atoms with van der Waals surface area (Å²) < 4.78 is 68.3. The zero-order chi connectivity index (χ0) is 35.6. The lowest BCUT2D eigenvalue weighted by molar-refractivity contribution is -0.117. The number of anilines is 2. The van der Waals surface area contributed by atoms with Gasteiger partial charge in [-0.25, -0.2) is 21.8 Å². The van der Waals surface area contributed by atoms with Gasteiger partial charge < -0.3 is 20.4 Å². The van der Waals surface area contributed by atoms with E-state index in [-0.39, 0.29) is 31.9 Å². The van der Waals surface area contributed by atoms with E-state index in [0.29, 0.717) is 23.8 Å². The molecule has 0 fully saturated rings. The van der Waals surface area contributed by atoms with Crippen molar-refractivity contribution in [2.75, 3.05) is 41.1 Å². The predicted octanol–water partition coefficient (Wildman–Crippen LogP) is 4.12. The number of nitrogens with zero attached hydrogens (tertiary/aromatic N) is 3. The van der Waals surface area contributed by atoms with E-state index in [9.17, 15) is 26.4 Å². The molecule has 0 aliphatic carbocycles. The Morgan fingerprint density at radius 3 is 1.65 bits per heavy atom. The Morgan fingerprint density at radius 1 is 0.755 bits per heavy atom. The number of carbonyl (C=O) groups is 2. The summed E-state index contributed by atoms with van der Waals surface area (Å²) in [5.74, 6) is -0.328. The number of amides is 2. The smallest absolute Gasteiger partial charge is 0.264 e. The van der Waals surface area contributed by atoms with Gasteiger partial charge in [0.05, 0.1) is 45.5 Å². The molecule has 49 heavy (non-hydrogen) atoms. The first-order valence-corrected chi connectivity index (χ1v) is 18.8. The monoisotopic (exact) mass is 743 g/mol. The van der Waals surface area contributed by atoms with E-state index >= 15 is 0 Å². The Hall–Kier alpha value is -4.67. The van der Waals surface area contributed by atoms with E-state index in [2.05, 4.69) is 22.4 Å². The minimum Gasteiger partial charge on any atom is -0.497 e. The number of primary amides is 2. The molecular weight excluding hydrogens is 711 g/mol. The number of isothiocyanates is 1. The molecule has 0 atom stereocenters. The number of hydrogen-bond donors (Lipinski definition) is 2. The quantitative estimate of drug-likeness (QED) is 0.0649. The van der Waals surface area contributed by atoms with Gasteiger partial charge in [0.2, 0.25) is 11.8 Å². The molecule has 13 nitrogen and oxygen atoms in total. The van der Waals surface area contributed by atoms with Crippen molar-refractivity contribution < 1.29 is 35.3 Å². The van der Waals surface area contributed by atoms with Crippen molar-refractivity contribution in [2.45, 2.75) is 22.6 Å². The number of thiocarbonyl (C=S) groups is 1. The molecule has 0 saturated heterocycles. The first-order valence-electron chi connectivity index (χ1n) is 14.6. The molecule has 0 aliphatic heterocycles. The van der Waals surface area contributed by atoms with Crippen molar-refractivity contribution >= 4 is 83.4 Å². The molecule has 4 aromatic carbocycles. The summed E-state index contributed by atoms with van der Waals surface area (Å²) in [6, 6.07) is 20.3. The standard InChI is InChI=1S/C32H33N5O8S4/c1-44-23-8-12-25(13-9-23)48(40,41)36(20-31(33)38)29-16-17-30(28-7-3-2-6-27(28)29)37(21-32(34)39)49(42,43)26-14-10-24(11-15-26)45-47-19-5-4-18-35-22-46/h2-3,6-17H,4-5,18-21H2,1H3,(H2,33,38)(H2,34,39). The third-order valence-electron chi connectivity index (χ3n) is 7.04. The van der Waals surface area contributed by atoms with Crippen LogP contribution in [0.15, 0.2) is 99.7 Å². The maximum Gasteiger partial charge on any atom is 0.264 e. The largest absolute Gasteiger partial charge is 0.497 e. The van der Waals surface area contributed by atoms with Crippen LogP contribution in [0, 0.1) is 0 Å². The lowest BCUT2D eigenvalue weighted by Crippen LogP contribution is -2.39. The van der Waals surface area contributed by atoms with Crippen molar-refractivity contribution in [3.63, 3.8) is 0 Å². The summed E-state index contributed by atoms with van der Waals surface area (Å²) in [5, 5.41) is 2.84. The molecule has 0 unspecified atom stereocenters. The van der Waals surface area contributed by atoms with Gasteiger partial charge in [-0.2, -0.15) is 0 Å². The molecule has 4 rings (SSSR count). The molecule has 17 heteroatoms. The number of unbranched alkanes of at least 4 members (excludes halogenated alkanes) is 1. The molecule has 258 valence electrons. The third kappa shape index (κ3) is 9.07. The van der Waals surface area contributed by atoms with Crippen LogP contribution in [0.4, 0.5) is 11.4 Å². The van der Waals surface area contributed by atoms with Gasteiger partial charge in [-0.1, -0.05) is 24.3 Å². The van der Waals surface area contributed by atoms with Crippen molar-refractivity contribution in [1.82, 2.24) is 0 Å². The molecule has 0 aromatic heterocycles. The predicted molar refractivity (Wildman–Crippen MR) is 193 cm³/mol. The number of benzene rings is 4. The van der Waals surface area contributed by atoms with Crippen molar-refractivity contribution in [1.29, 1.82) is 0 Å². The molecule has 0 aliphatic rings. The fourth-order valence-corrected chi connectivity index (χ4v) is 8.40. The van der Waals surface area contributed by atoms with Gasteiger partial charge in [0.25, 0.3) is 20.0 Å². The van der Waals surface area contributed by atoms with E-state index in [1.54, 1.807) is 24.3 Å². The number of carbonyl (C=O) groups excluding carboxylic acids is 2. The highest BCUT2D eigenvalue weighted by molar-refractivity contribution is 7.95. The fourth-order valence-electron chi connectivity index (χ4n) is 4.76. The average Bonchev–Trinajstić information content (AvgIpc) is 3.09. The van der Waals surface area contributed by atoms with Gasteiger partial charge in [0, 0.05) is 23.1 Å². The van der Waals surface area contributed by atoms with Crippen LogP contribution in [0.5, 0.6) is 11.5 Å². The maximum atomic E-state index is 14.0. The maximum absolute atomic E-state index is 14.0. The number of aliphatic imine (C=N–C) groups is 1. The van der Waals surface area contributed by atoms with Crippen molar-refractivity contribution in [3.8, 4) is 11.5 Å². The van der Waals surface area contributed by atoms with Crippen molar-refractivity contribution in [3.05, 3.63) is 84.9 Å². The van der Waals surface area contributed by atoms with Gasteiger partial charge >= 0.3 is 0 Å². The Balaban J connectivity index is 1.72. The van der Waals surface area contributed by atoms with Crippen molar-refractivity contribution in [2.24, 2.45) is 16.5 Å². The van der Waals surface area contributed by atoms with Gasteiger partial charge in [-0.15, -0.1) is 0 Å². The number of ether oxygens (including phenoxy) is 1. The second-order valence-electron chi connectivity index (χ2n) is 10.3. The highest BCUT2D eigenvalue weighted by Crippen LogP contribution is 2.38. The van der Waals surface area contributed by atoms with E-state index in [1.165, 1.54) is 79.8 Å².